The lowest BCUT2D eigenvalue weighted by Gasteiger charge is -2.29. The number of halogens is 1. The minimum atomic E-state index is 0.191. The fourth-order valence-corrected chi connectivity index (χ4v) is 4.27. The first-order valence-electron chi connectivity index (χ1n) is 7.89. The molecule has 0 spiro atoms. The molecule has 126 valence electrons. The van der Waals surface area contributed by atoms with Crippen LogP contribution in [0.1, 0.15) is 16.7 Å². The highest BCUT2D eigenvalue weighted by molar-refractivity contribution is 9.10. The van der Waals surface area contributed by atoms with E-state index in [9.17, 15) is 4.79 Å². The number of carbonyl (C=O) groups is 1. The third-order valence-electron chi connectivity index (χ3n) is 4.27. The van der Waals surface area contributed by atoms with Gasteiger partial charge in [0.05, 0.1) is 12.9 Å². The Bertz CT molecular complexity index is 763. The molecule has 24 heavy (non-hydrogen) atoms. The lowest BCUT2D eigenvalue weighted by molar-refractivity contribution is -0.129. The van der Waals surface area contributed by atoms with Crippen molar-refractivity contribution in [3.05, 3.63) is 57.6 Å². The first-order chi connectivity index (χ1) is 11.6. The SMILES string of the molecule is COc1ccc2c(c1)CN(C(=O)CSc1ccc(Br)cc1C)CC2. The predicted molar refractivity (Wildman–Crippen MR) is 102 cm³/mol. The fourth-order valence-electron chi connectivity index (χ4n) is 2.88. The van der Waals surface area contributed by atoms with Gasteiger partial charge in [0.2, 0.25) is 5.91 Å². The molecule has 0 fully saturated rings. The molecule has 0 aromatic heterocycles. The fraction of sp³-hybridized carbons (Fsp3) is 0.316. The van der Waals surface area contributed by atoms with Gasteiger partial charge in [0.25, 0.3) is 0 Å². The molecule has 1 heterocycles. The summed E-state index contributed by atoms with van der Waals surface area (Å²) in [7, 11) is 1.67. The molecule has 0 aliphatic carbocycles. The molecule has 0 saturated carbocycles. The average Bonchev–Trinajstić information content (AvgIpc) is 2.59. The Hall–Kier alpha value is -1.46. The van der Waals surface area contributed by atoms with Gasteiger partial charge >= 0.3 is 0 Å². The van der Waals surface area contributed by atoms with Crippen molar-refractivity contribution in [2.75, 3.05) is 19.4 Å². The van der Waals surface area contributed by atoms with Gasteiger partial charge in [0.1, 0.15) is 5.75 Å². The molecular weight excluding hydrogens is 386 g/mol. The summed E-state index contributed by atoms with van der Waals surface area (Å²) >= 11 is 5.08. The molecule has 0 bridgehead atoms. The van der Waals surface area contributed by atoms with Crippen molar-refractivity contribution >= 4 is 33.6 Å². The maximum absolute atomic E-state index is 12.6. The van der Waals surface area contributed by atoms with Crippen LogP contribution in [-0.2, 0) is 17.8 Å². The Morgan fingerprint density at radius 1 is 1.25 bits per heavy atom. The molecule has 5 heteroatoms. The van der Waals surface area contributed by atoms with Gasteiger partial charge in [-0.3, -0.25) is 4.79 Å². The zero-order valence-electron chi connectivity index (χ0n) is 13.8. The van der Waals surface area contributed by atoms with Gasteiger partial charge in [-0.15, -0.1) is 11.8 Å². The van der Waals surface area contributed by atoms with Crippen molar-refractivity contribution in [3.63, 3.8) is 0 Å². The van der Waals surface area contributed by atoms with Crippen LogP contribution in [0.15, 0.2) is 45.8 Å². The summed E-state index contributed by atoms with van der Waals surface area (Å²) in [5, 5.41) is 0. The Morgan fingerprint density at radius 2 is 2.08 bits per heavy atom. The number of nitrogens with zero attached hydrogens (tertiary/aromatic N) is 1. The van der Waals surface area contributed by atoms with E-state index in [0.29, 0.717) is 12.3 Å². The third-order valence-corrected chi connectivity index (χ3v) is 5.92. The number of methoxy groups -OCH3 is 1. The second-order valence-electron chi connectivity index (χ2n) is 5.90. The first kappa shape index (κ1) is 17.4. The van der Waals surface area contributed by atoms with Crippen LogP contribution in [-0.4, -0.2) is 30.2 Å². The average molecular weight is 406 g/mol. The highest BCUT2D eigenvalue weighted by atomic mass is 79.9. The van der Waals surface area contributed by atoms with Crippen LogP contribution in [0, 0.1) is 6.92 Å². The van der Waals surface area contributed by atoms with Gasteiger partial charge in [0, 0.05) is 22.5 Å². The molecule has 0 radical (unpaired) electrons. The molecular formula is C19H20BrNO2S. The lowest BCUT2D eigenvalue weighted by atomic mass is 9.99. The quantitative estimate of drug-likeness (QED) is 0.703. The summed E-state index contributed by atoms with van der Waals surface area (Å²) in [4.78, 5) is 15.7. The smallest absolute Gasteiger partial charge is 0.233 e. The summed E-state index contributed by atoms with van der Waals surface area (Å²) in [6, 6.07) is 12.3. The van der Waals surface area contributed by atoms with E-state index in [1.165, 1.54) is 16.7 Å². The van der Waals surface area contributed by atoms with Crippen LogP contribution in [0.4, 0.5) is 0 Å². The Labute approximate surface area is 155 Å². The van der Waals surface area contributed by atoms with Crippen LogP contribution in [0.2, 0.25) is 0 Å². The molecule has 1 aliphatic rings. The van der Waals surface area contributed by atoms with Crippen molar-refractivity contribution in [2.45, 2.75) is 24.8 Å². The monoisotopic (exact) mass is 405 g/mol. The van der Waals surface area contributed by atoms with E-state index >= 15 is 0 Å². The van der Waals surface area contributed by atoms with E-state index in [4.69, 9.17) is 4.74 Å². The molecule has 0 saturated heterocycles. The largest absolute Gasteiger partial charge is 0.497 e. The normalized spacial score (nSPS) is 13.5. The molecule has 3 rings (SSSR count). The number of amides is 1. The molecule has 1 aliphatic heterocycles. The second-order valence-corrected chi connectivity index (χ2v) is 7.83. The van der Waals surface area contributed by atoms with Crippen LogP contribution >= 0.6 is 27.7 Å². The van der Waals surface area contributed by atoms with E-state index in [1.54, 1.807) is 18.9 Å². The standard InChI is InChI=1S/C19H20BrNO2S/c1-13-9-16(20)4-6-18(13)24-12-19(22)21-8-7-14-3-5-17(23-2)10-15(14)11-21/h3-6,9-10H,7-8,11-12H2,1-2H3. The summed E-state index contributed by atoms with van der Waals surface area (Å²) in [5.74, 6) is 1.51. The van der Waals surface area contributed by atoms with Crippen molar-refractivity contribution in [1.29, 1.82) is 0 Å². The second kappa shape index (κ2) is 7.62. The number of thioether (sulfide) groups is 1. The molecule has 0 unspecified atom stereocenters. The summed E-state index contributed by atoms with van der Waals surface area (Å²) in [5.41, 5.74) is 3.70. The summed E-state index contributed by atoms with van der Waals surface area (Å²) in [6.45, 7) is 3.53. The van der Waals surface area contributed by atoms with Crippen molar-refractivity contribution < 1.29 is 9.53 Å². The van der Waals surface area contributed by atoms with Gasteiger partial charge in [-0.1, -0.05) is 22.0 Å². The minimum Gasteiger partial charge on any atom is -0.497 e. The number of fused-ring (bicyclic) bond motifs is 1. The van der Waals surface area contributed by atoms with E-state index in [-0.39, 0.29) is 5.91 Å². The van der Waals surface area contributed by atoms with E-state index in [0.717, 1.165) is 28.1 Å². The van der Waals surface area contributed by atoms with Gasteiger partial charge < -0.3 is 9.64 Å². The zero-order chi connectivity index (χ0) is 17.1. The zero-order valence-corrected chi connectivity index (χ0v) is 16.2. The van der Waals surface area contributed by atoms with Crippen LogP contribution < -0.4 is 4.74 Å². The Balaban J connectivity index is 1.63. The van der Waals surface area contributed by atoms with Gasteiger partial charge in [0.15, 0.2) is 0 Å². The highest BCUT2D eigenvalue weighted by Crippen LogP contribution is 2.27. The lowest BCUT2D eigenvalue weighted by Crippen LogP contribution is -2.37. The maximum atomic E-state index is 12.6. The van der Waals surface area contributed by atoms with Crippen LogP contribution in [0.3, 0.4) is 0 Å². The van der Waals surface area contributed by atoms with Gasteiger partial charge in [-0.25, -0.2) is 0 Å². The van der Waals surface area contributed by atoms with Crippen LogP contribution in [0.5, 0.6) is 5.75 Å². The van der Waals surface area contributed by atoms with Gasteiger partial charge in [-0.2, -0.15) is 0 Å². The van der Waals surface area contributed by atoms with Crippen molar-refractivity contribution in [1.82, 2.24) is 4.90 Å². The Morgan fingerprint density at radius 3 is 2.83 bits per heavy atom. The van der Waals surface area contributed by atoms with Crippen molar-refractivity contribution in [2.24, 2.45) is 0 Å². The number of hydrogen-bond acceptors (Lipinski definition) is 3. The Kier molecular flexibility index (Phi) is 5.51. The molecule has 0 atom stereocenters. The summed E-state index contributed by atoms with van der Waals surface area (Å²) < 4.78 is 6.36. The molecule has 2 aromatic rings. The number of benzene rings is 2. The maximum Gasteiger partial charge on any atom is 0.233 e. The van der Waals surface area contributed by atoms with Crippen molar-refractivity contribution in [3.8, 4) is 5.75 Å². The molecule has 0 N–H and O–H groups in total. The topological polar surface area (TPSA) is 29.5 Å². The third kappa shape index (κ3) is 3.95. The molecule has 1 amide bonds. The molecule has 2 aromatic carbocycles. The summed E-state index contributed by atoms with van der Waals surface area (Å²) in [6.07, 6.45) is 0.910. The van der Waals surface area contributed by atoms with Crippen LogP contribution in [0.25, 0.3) is 0 Å². The van der Waals surface area contributed by atoms with E-state index < -0.39 is 0 Å². The highest BCUT2D eigenvalue weighted by Gasteiger charge is 2.21. The van der Waals surface area contributed by atoms with Gasteiger partial charge in [-0.05, 0) is 60.4 Å². The molecule has 3 nitrogen and oxygen atoms in total. The van der Waals surface area contributed by atoms with E-state index in [2.05, 4.69) is 41.1 Å². The number of aryl methyl sites for hydroxylation is 1. The number of hydrogen-bond donors (Lipinski definition) is 0. The predicted octanol–water partition coefficient (Wildman–Crippen LogP) is 4.44. The number of ether oxygens (including phenoxy) is 1. The number of rotatable bonds is 4. The number of carbonyl (C=O) groups excluding carboxylic acids is 1. The minimum absolute atomic E-state index is 0.191. The van der Waals surface area contributed by atoms with E-state index in [1.807, 2.05) is 23.1 Å². The first-order valence-corrected chi connectivity index (χ1v) is 9.67.